The average Bonchev–Trinajstić information content (AvgIpc) is 1.62. The number of aliphatic hydroxyl groups is 1. The Labute approximate surface area is 761 Å². The van der Waals surface area contributed by atoms with E-state index < -0.39 is 17.3 Å². The van der Waals surface area contributed by atoms with Crippen LogP contribution in [0.5, 0.6) is 0 Å². The molecule has 642 valence electrons. The van der Waals surface area contributed by atoms with Crippen LogP contribution in [0.25, 0.3) is 0 Å². The van der Waals surface area contributed by atoms with Crippen molar-refractivity contribution in [1.29, 1.82) is 0 Å². The Morgan fingerprint density at radius 2 is 0.975 bits per heavy atom. The van der Waals surface area contributed by atoms with Gasteiger partial charge in [-0.05, 0) is 256 Å². The van der Waals surface area contributed by atoms with Crippen molar-refractivity contribution in [3.05, 3.63) is 328 Å². The molecule has 2 N–H and O–H groups in total. The molecule has 5 aliphatic heterocycles. The molecule has 0 spiro atoms. The summed E-state index contributed by atoms with van der Waals surface area (Å²) in [4.78, 5) is 59.5. The molecule has 1 aromatic carbocycles. The van der Waals surface area contributed by atoms with Crippen LogP contribution in [0.2, 0.25) is 0 Å². The van der Waals surface area contributed by atoms with Gasteiger partial charge in [0, 0.05) is 150 Å². The van der Waals surface area contributed by atoms with Crippen LogP contribution >= 0.6 is 119 Å². The number of aromatic nitrogens is 3. The van der Waals surface area contributed by atoms with Crippen LogP contribution in [0.3, 0.4) is 0 Å². The van der Waals surface area contributed by atoms with Crippen molar-refractivity contribution in [1.82, 2.24) is 35.0 Å². The molecule has 0 radical (unpaired) electrons. The quantitative estimate of drug-likeness (QED) is 0.0431. The second kappa shape index (κ2) is 54.3. The number of pyridine rings is 3. The summed E-state index contributed by atoms with van der Waals surface area (Å²) in [5, 5.41) is 27.7. The smallest absolute Gasteiger partial charge is 0.444 e. The topological polar surface area (TPSA) is 169 Å². The lowest BCUT2D eigenvalue weighted by Gasteiger charge is -2.32. The molecular formula is C94H117BBrCl2N7O8S7. The first-order chi connectivity index (χ1) is 56.8. The van der Waals surface area contributed by atoms with E-state index in [1.54, 1.807) is 115 Å². The first-order valence-electron chi connectivity index (χ1n) is 39.5. The number of hydrogen-bond donors (Lipinski definition) is 2. The Morgan fingerprint density at radius 3 is 1.35 bits per heavy atom. The lowest BCUT2D eigenvalue weighted by Crippen LogP contribution is -2.41. The molecule has 1 fully saturated rings. The molecule has 120 heavy (non-hydrogen) atoms. The molecule has 26 heteroatoms. The van der Waals surface area contributed by atoms with Gasteiger partial charge in [0.15, 0.2) is 0 Å². The Hall–Kier alpha value is -7.34. The van der Waals surface area contributed by atoms with Crippen molar-refractivity contribution in [2.45, 2.75) is 169 Å². The summed E-state index contributed by atoms with van der Waals surface area (Å²) in [6, 6.07) is 51.0. The van der Waals surface area contributed by atoms with E-state index in [2.05, 4.69) is 172 Å². The maximum Gasteiger partial charge on any atom is 0.490 e. The van der Waals surface area contributed by atoms with Crippen LogP contribution < -0.4 is 5.32 Å². The number of amides is 2. The van der Waals surface area contributed by atoms with Gasteiger partial charge in [0.05, 0.1) is 20.9 Å². The number of alkyl halides is 1. The molecular weight excluding hydrogens is 1740 g/mol. The highest BCUT2D eigenvalue weighted by Gasteiger charge is 2.52. The van der Waals surface area contributed by atoms with Crippen LogP contribution in [-0.2, 0) is 56.9 Å². The molecule has 10 aromatic heterocycles. The first-order valence-corrected chi connectivity index (χ1v) is 47.0. The van der Waals surface area contributed by atoms with Gasteiger partial charge in [0.1, 0.15) is 23.6 Å². The van der Waals surface area contributed by atoms with E-state index in [1.165, 1.54) is 70.7 Å². The zero-order chi connectivity index (χ0) is 84.4. The van der Waals surface area contributed by atoms with Crippen molar-refractivity contribution in [3.8, 4) is 0 Å². The largest absolute Gasteiger partial charge is 0.490 e. The van der Waals surface area contributed by atoms with E-state index in [0.717, 1.165) is 87.0 Å². The average molecular weight is 1860 g/mol. The van der Waals surface area contributed by atoms with Gasteiger partial charge < -0.3 is 39.0 Å². The molecule has 0 bridgehead atoms. The summed E-state index contributed by atoms with van der Waals surface area (Å²) >= 11 is 21.0. The predicted octanol–water partition coefficient (Wildman–Crippen LogP) is 25.3. The number of hydrogen-bond acceptors (Lipinski definition) is 20. The monoisotopic (exact) mass is 1860 g/mol. The molecule has 11 aromatic rings. The molecule has 2 amide bonds. The molecule has 5 aliphatic rings. The van der Waals surface area contributed by atoms with Gasteiger partial charge >= 0.3 is 19.3 Å². The van der Waals surface area contributed by atoms with E-state index in [4.69, 9.17) is 30.4 Å². The minimum absolute atomic E-state index is 0. The molecule has 0 aliphatic carbocycles. The minimum Gasteiger partial charge on any atom is -0.444 e. The summed E-state index contributed by atoms with van der Waals surface area (Å²) in [7, 11) is -0.314. The molecule has 16 rings (SSSR count). The number of nitrogens with zero attached hydrogens (tertiary/aromatic N) is 6. The molecule has 1 unspecified atom stereocenters. The summed E-state index contributed by atoms with van der Waals surface area (Å²) < 4.78 is 24.1. The summed E-state index contributed by atoms with van der Waals surface area (Å²) in [5.74, 6) is 0.650. The van der Waals surface area contributed by atoms with E-state index in [1.807, 2.05) is 175 Å². The molecule has 0 saturated carbocycles. The van der Waals surface area contributed by atoms with E-state index in [0.29, 0.717) is 31.1 Å². The first kappa shape index (κ1) is 101. The SMILES string of the molecule is Brc1cccs1.C.C1=C(Cc2cccs2)CCN(Cc2ccccc2)C1.C1=C(Cc2cccs2)CCNC1.CC(C)(C)OC(=O)N1CC=C(B2OC(C)(C)C(C)(C)O2)CC1.CC(C)(C)OC(=O)N1CC=C(Cc2cccs2)CC1.Cl.ClCc1cccs1.O=Cc1ccncc1.OC(c1ccncc1)c1cccs1.c1csc(Cc2ccncc2)c1. The van der Waals surface area contributed by atoms with Crippen LogP contribution in [0, 0.1) is 0 Å². The maximum absolute atomic E-state index is 12.1. The van der Waals surface area contributed by atoms with Gasteiger partial charge in [-0.2, -0.15) is 0 Å². The fourth-order valence-corrected chi connectivity index (χ4v) is 17.3. The summed E-state index contributed by atoms with van der Waals surface area (Å²) in [6.45, 7) is 27.6. The van der Waals surface area contributed by atoms with Gasteiger partial charge in [0.25, 0.3) is 0 Å². The number of carbonyl (C=O) groups is 3. The van der Waals surface area contributed by atoms with E-state index >= 15 is 0 Å². The normalized spacial score (nSPS) is 15.3. The van der Waals surface area contributed by atoms with Gasteiger partial charge in [-0.1, -0.05) is 121 Å². The molecule has 1 saturated heterocycles. The van der Waals surface area contributed by atoms with Crippen molar-refractivity contribution in [2.75, 3.05) is 52.4 Å². The second-order valence-electron chi connectivity index (χ2n) is 30.8. The summed E-state index contributed by atoms with van der Waals surface area (Å²) in [6.07, 6.45) is 27.4. The van der Waals surface area contributed by atoms with E-state index in [-0.39, 0.29) is 50.3 Å². The molecule has 1 atom stereocenters. The Balaban J connectivity index is 0.000000214. The summed E-state index contributed by atoms with van der Waals surface area (Å²) in [5.41, 5.74) is 8.47. The fraction of sp³-hybridized carbons (Fsp3) is 0.362. The van der Waals surface area contributed by atoms with Crippen LogP contribution in [-0.4, -0.2) is 135 Å². The van der Waals surface area contributed by atoms with Gasteiger partial charge in [-0.3, -0.25) is 24.6 Å². The van der Waals surface area contributed by atoms with Gasteiger partial charge in [-0.15, -0.1) is 103 Å². The highest BCUT2D eigenvalue weighted by Crippen LogP contribution is 2.40. The third-order valence-corrected chi connectivity index (χ3v) is 26.0. The molecule has 15 nitrogen and oxygen atoms in total. The number of carbonyl (C=O) groups excluding carboxylic acids is 3. The van der Waals surface area contributed by atoms with E-state index in [9.17, 15) is 19.5 Å². The van der Waals surface area contributed by atoms with Crippen molar-refractivity contribution >= 4 is 145 Å². The van der Waals surface area contributed by atoms with Crippen molar-refractivity contribution in [2.24, 2.45) is 0 Å². The lowest BCUT2D eigenvalue weighted by molar-refractivity contribution is 0.00578. The third-order valence-electron chi connectivity index (χ3n) is 18.7. The highest BCUT2D eigenvalue weighted by atomic mass is 79.9. The third kappa shape index (κ3) is 39.0. The number of benzene rings is 1. The number of ether oxygens (including phenoxy) is 2. The molecule has 15 heterocycles. The van der Waals surface area contributed by atoms with Gasteiger partial charge in [-0.25, -0.2) is 9.59 Å². The number of halogens is 3. The van der Waals surface area contributed by atoms with Crippen LogP contribution in [0.1, 0.15) is 165 Å². The zero-order valence-corrected chi connectivity index (χ0v) is 78.6. The highest BCUT2D eigenvalue weighted by molar-refractivity contribution is 9.11. The standard InChI is InChI=1S/C17H19NS.C16H28BNO4.C15H21NO2S.C10H9NOS.C10H13NS.C10H9NS.C6H5NO.C5H5ClS.C4H3BrS.CH4.ClH/c1-2-5-16(6-3-1)14-18-10-8-15(9-11-18)13-17-7-4-12-19-17;1-14(2,3)20-13(19)18-10-8-12(9-11-18)17-21-15(4,5)16(6,7)22-17;1-15(2,3)18-14(17)16-8-6-12(7-9-16)11-13-5-4-10-19-13;12-10(9-2-1-7-13-9)8-3-5-11-6-4-8;2*1-2-10(12-7-1)8-9-3-5-11-6-4-9;8-5-6-1-3-7-4-2-6;6-4-5-2-1-3-7-5;5-4-2-1-3-6-4;;/h1-8,12H,9-11,13-14H2;8H,9-11H2,1-7H3;4-6,10H,7-9,11H2,1-3H3;1-7,10,12H;1-3,7,11H,4-6,8H2;1-7H,8H2;1-5H;1-3H,4H2;1-3H;1H4;1H. The maximum atomic E-state index is 12.1. The van der Waals surface area contributed by atoms with Crippen molar-refractivity contribution < 1.29 is 38.3 Å². The zero-order valence-electron chi connectivity index (χ0n) is 69.7. The number of aliphatic hydroxyl groups excluding tert-OH is 1. The number of aldehydes is 1. The lowest BCUT2D eigenvalue weighted by atomic mass is 9.75. The Kier molecular flexibility index (Phi) is 45.9. The minimum atomic E-state index is -0.511. The number of rotatable bonds is 15. The van der Waals surface area contributed by atoms with Crippen LogP contribution in [0.15, 0.2) is 277 Å². The Bertz CT molecular complexity index is 4650. The number of nitrogens with one attached hydrogen (secondary N) is 1. The predicted molar refractivity (Wildman–Crippen MR) is 515 cm³/mol. The fourth-order valence-electron chi connectivity index (χ4n) is 11.8. The number of thiophene rings is 7. The van der Waals surface area contributed by atoms with Crippen molar-refractivity contribution in [3.63, 3.8) is 0 Å². The van der Waals surface area contributed by atoms with Gasteiger partial charge in [0.2, 0.25) is 0 Å². The van der Waals surface area contributed by atoms with Crippen LogP contribution in [0.4, 0.5) is 9.59 Å². The second-order valence-corrected chi connectivity index (χ2v) is 39.6. The Morgan fingerprint density at radius 1 is 0.533 bits per heavy atom.